The number of nitrogens with one attached hydrogen (secondary N) is 2. The second kappa shape index (κ2) is 24.4. The maximum Gasteiger partial charge on any atom is 0.255 e. The van der Waals surface area contributed by atoms with Crippen molar-refractivity contribution in [2.45, 2.75) is 41.6 Å². The van der Waals surface area contributed by atoms with Gasteiger partial charge < -0.3 is 25.0 Å². The molecule has 0 aliphatic carbocycles. The molecule has 2 N–H and O–H groups in total. The molecule has 0 radical (unpaired) electrons. The minimum atomic E-state index is -0.118. The monoisotopic (exact) mass is 963 g/mol. The van der Waals surface area contributed by atoms with Crippen LogP contribution < -0.4 is 10.6 Å². The molecule has 0 bridgehead atoms. The lowest BCUT2D eigenvalue weighted by Crippen LogP contribution is -2.50. The normalized spacial score (nSPS) is 14.3. The number of rotatable bonds is 15. The van der Waals surface area contributed by atoms with Crippen molar-refractivity contribution >= 4 is 81.5 Å². The molecule has 4 heterocycles. The molecular weight excluding hydrogens is 910 g/mol. The van der Waals surface area contributed by atoms with Gasteiger partial charge >= 0.3 is 0 Å². The quantitative estimate of drug-likeness (QED) is 0.0961. The third-order valence-corrected chi connectivity index (χ3v) is 14.4. The van der Waals surface area contributed by atoms with Crippen LogP contribution in [0.4, 0.5) is 11.4 Å². The number of para-hydroxylation sites is 2. The molecule has 0 atom stereocenters. The van der Waals surface area contributed by atoms with E-state index in [4.69, 9.17) is 16.1 Å². The molecule has 344 valence electrons. The molecule has 0 saturated carbocycles. The predicted octanol–water partition coefficient (Wildman–Crippen LogP) is 9.32. The van der Waals surface area contributed by atoms with E-state index in [1.165, 1.54) is 5.56 Å². The van der Waals surface area contributed by atoms with Gasteiger partial charge in [0, 0.05) is 85.4 Å². The number of hydrogen-bond acceptors (Lipinski definition) is 11. The van der Waals surface area contributed by atoms with Crippen LogP contribution in [-0.2, 0) is 27.5 Å². The second-order valence-corrected chi connectivity index (χ2v) is 19.1. The Morgan fingerprint density at radius 3 is 1.71 bits per heavy atom. The average molecular weight is 965 g/mol. The number of thioether (sulfide) groups is 2. The summed E-state index contributed by atoms with van der Waals surface area (Å²) in [6.07, 6.45) is 0.879. The average Bonchev–Trinajstić information content (AvgIpc) is 4.03. The zero-order valence-corrected chi connectivity index (χ0v) is 40.3. The maximum absolute atomic E-state index is 13.2. The highest BCUT2D eigenvalue weighted by molar-refractivity contribution is 7.98. The van der Waals surface area contributed by atoms with E-state index in [0.29, 0.717) is 80.9 Å². The Bertz CT molecular complexity index is 2560. The highest BCUT2D eigenvalue weighted by atomic mass is 35.5. The van der Waals surface area contributed by atoms with Gasteiger partial charge in [-0.15, -0.1) is 23.5 Å². The van der Waals surface area contributed by atoms with Crippen LogP contribution in [0.5, 0.6) is 0 Å². The molecule has 8 rings (SSSR count). The van der Waals surface area contributed by atoms with Crippen molar-refractivity contribution < 1.29 is 23.7 Å². The van der Waals surface area contributed by atoms with Crippen molar-refractivity contribution in [3.63, 3.8) is 0 Å². The summed E-state index contributed by atoms with van der Waals surface area (Å²) in [5.74, 6) is 2.22. The molecule has 2 aromatic heterocycles. The van der Waals surface area contributed by atoms with E-state index in [1.54, 1.807) is 47.0 Å². The third kappa shape index (κ3) is 13.8. The van der Waals surface area contributed by atoms with Crippen molar-refractivity contribution in [2.75, 3.05) is 76.1 Å². The Labute approximate surface area is 404 Å². The van der Waals surface area contributed by atoms with E-state index in [9.17, 15) is 19.2 Å². The molecule has 2 saturated heterocycles. The highest BCUT2D eigenvalue weighted by Crippen LogP contribution is 2.30. The number of thiophene rings is 1. The summed E-state index contributed by atoms with van der Waals surface area (Å²) < 4.78 is 5.12. The molecule has 16 heteroatoms. The lowest BCUT2D eigenvalue weighted by molar-refractivity contribution is -0.118. The zero-order chi connectivity index (χ0) is 46.3. The van der Waals surface area contributed by atoms with Crippen molar-refractivity contribution in [1.82, 2.24) is 24.8 Å². The molecule has 2 fully saturated rings. The predicted molar refractivity (Wildman–Crippen MR) is 267 cm³/mol. The van der Waals surface area contributed by atoms with Gasteiger partial charge in [-0.3, -0.25) is 29.0 Å². The van der Waals surface area contributed by atoms with Gasteiger partial charge in [-0.1, -0.05) is 78.3 Å². The number of hydrogen-bond donors (Lipinski definition) is 2. The van der Waals surface area contributed by atoms with Gasteiger partial charge in [0.2, 0.25) is 11.8 Å². The standard InChI is InChI=1S/C26H29N3O2S2.C24H25ClN4O3S/c1-2-21-7-3-5-9-23(21)27-25(30)17-28-12-14-29(15-13-28)26(31)22-8-4-6-10-24(22)33-19-20-11-16-32-18-20;1-17-14-18(27-32-17)16-33-22-9-5-2-6-19(22)24(31)29-12-10-28(11-13-29)15-23(30)26-21-8-4-3-7-20(21)25/h3-11,16,18H,2,12-15,17,19H2,1H3,(H,27,30);2-9,14H,10-13,15-16H2,1H3,(H,26,30). The van der Waals surface area contributed by atoms with Gasteiger partial charge in [-0.05, 0) is 83.8 Å². The molecule has 66 heavy (non-hydrogen) atoms. The molecule has 12 nitrogen and oxygen atoms in total. The van der Waals surface area contributed by atoms with E-state index in [-0.39, 0.29) is 30.2 Å². The number of carbonyl (C=O) groups excluding carboxylic acids is 4. The van der Waals surface area contributed by atoms with E-state index in [0.717, 1.165) is 50.2 Å². The van der Waals surface area contributed by atoms with E-state index < -0.39 is 0 Å². The number of carbonyl (C=O) groups is 4. The van der Waals surface area contributed by atoms with E-state index in [2.05, 4.69) is 44.4 Å². The van der Waals surface area contributed by atoms with Gasteiger partial charge in [0.15, 0.2) is 0 Å². The molecule has 6 aromatic rings. The minimum Gasteiger partial charge on any atom is -0.361 e. The third-order valence-electron chi connectivity index (χ3n) is 11.1. The van der Waals surface area contributed by atoms with Crippen LogP contribution in [0, 0.1) is 6.92 Å². The van der Waals surface area contributed by atoms with Crippen LogP contribution in [0.15, 0.2) is 134 Å². The fourth-order valence-corrected chi connectivity index (χ4v) is 10.4. The SMILES string of the molecule is CCc1ccccc1NC(=O)CN1CCN(C(=O)c2ccccc2SCc2ccsc2)CC1.Cc1cc(CSc2ccccc2C(=O)N2CCN(CC(=O)Nc3ccccc3Cl)CC2)no1. The number of nitrogens with zero attached hydrogens (tertiary/aromatic N) is 5. The second-order valence-electron chi connectivity index (χ2n) is 15.9. The number of amides is 4. The van der Waals surface area contributed by atoms with Crippen LogP contribution in [0.25, 0.3) is 0 Å². The summed E-state index contributed by atoms with van der Waals surface area (Å²) >= 11 is 11.1. The molecule has 2 aliphatic rings. The van der Waals surface area contributed by atoms with Gasteiger partial charge in [-0.2, -0.15) is 11.3 Å². The zero-order valence-electron chi connectivity index (χ0n) is 37.1. The first-order chi connectivity index (χ1) is 32.1. The Kier molecular flexibility index (Phi) is 17.9. The number of halogens is 1. The Morgan fingerprint density at radius 1 is 0.667 bits per heavy atom. The van der Waals surface area contributed by atoms with E-state index in [1.807, 2.05) is 113 Å². The van der Waals surface area contributed by atoms with Crippen LogP contribution >= 0.6 is 46.5 Å². The first kappa shape index (κ1) is 48.5. The molecule has 4 amide bonds. The molecular formula is C50H54ClN7O5S3. The summed E-state index contributed by atoms with van der Waals surface area (Å²) in [4.78, 5) is 61.3. The largest absolute Gasteiger partial charge is 0.361 e. The number of anilines is 2. The Morgan fingerprint density at radius 2 is 1.18 bits per heavy atom. The molecule has 4 aromatic carbocycles. The fraction of sp³-hybridized carbons (Fsp3) is 0.300. The van der Waals surface area contributed by atoms with Gasteiger partial charge in [0.1, 0.15) is 5.76 Å². The van der Waals surface area contributed by atoms with Gasteiger partial charge in [-0.25, -0.2) is 0 Å². The lowest BCUT2D eigenvalue weighted by atomic mass is 10.1. The Balaban J connectivity index is 0.000000196. The number of benzene rings is 4. The van der Waals surface area contributed by atoms with Crippen molar-refractivity contribution in [2.24, 2.45) is 0 Å². The highest BCUT2D eigenvalue weighted by Gasteiger charge is 2.27. The first-order valence-electron chi connectivity index (χ1n) is 22.0. The van der Waals surface area contributed by atoms with E-state index >= 15 is 0 Å². The summed E-state index contributed by atoms with van der Waals surface area (Å²) in [5.41, 5.74) is 6.21. The smallest absolute Gasteiger partial charge is 0.255 e. The summed E-state index contributed by atoms with van der Waals surface area (Å²) in [6.45, 7) is 9.59. The van der Waals surface area contributed by atoms with Gasteiger partial charge in [0.05, 0.1) is 40.6 Å². The van der Waals surface area contributed by atoms with Crippen LogP contribution in [0.3, 0.4) is 0 Å². The number of aromatic nitrogens is 1. The van der Waals surface area contributed by atoms with Crippen LogP contribution in [0.2, 0.25) is 5.02 Å². The Hall–Kier alpha value is -5.42. The van der Waals surface area contributed by atoms with Crippen LogP contribution in [0.1, 0.15) is 50.2 Å². The van der Waals surface area contributed by atoms with Crippen molar-refractivity contribution in [3.8, 4) is 0 Å². The summed E-state index contributed by atoms with van der Waals surface area (Å²) in [7, 11) is 0. The minimum absolute atomic E-state index is 0.00847. The van der Waals surface area contributed by atoms with Gasteiger partial charge in [0.25, 0.3) is 11.8 Å². The van der Waals surface area contributed by atoms with Crippen molar-refractivity contribution in [1.29, 1.82) is 0 Å². The molecule has 0 spiro atoms. The molecule has 2 aliphatic heterocycles. The first-order valence-corrected chi connectivity index (χ1v) is 25.2. The number of aryl methyl sites for hydroxylation is 2. The topological polar surface area (TPSA) is 131 Å². The summed E-state index contributed by atoms with van der Waals surface area (Å²) in [5, 5.41) is 14.6. The molecule has 0 unspecified atom stereocenters. The maximum atomic E-state index is 13.2. The van der Waals surface area contributed by atoms with Crippen molar-refractivity contribution in [3.05, 3.63) is 159 Å². The lowest BCUT2D eigenvalue weighted by Gasteiger charge is -2.34. The summed E-state index contributed by atoms with van der Waals surface area (Å²) in [6, 6.07) is 34.6. The number of piperazine rings is 2. The van der Waals surface area contributed by atoms with Crippen LogP contribution in [-0.4, -0.2) is 114 Å². The fourth-order valence-electron chi connectivity index (χ4n) is 7.57.